The lowest BCUT2D eigenvalue weighted by Crippen LogP contribution is -2.37. The normalized spacial score (nSPS) is 23.1. The van der Waals surface area contributed by atoms with Crippen LogP contribution in [0.2, 0.25) is 0 Å². The molecular formula is C17H20N2O. The number of aldehydes is 1. The summed E-state index contributed by atoms with van der Waals surface area (Å²) < 4.78 is 0. The second kappa shape index (κ2) is 4.74. The van der Waals surface area contributed by atoms with Crippen molar-refractivity contribution in [3.05, 3.63) is 35.0 Å². The van der Waals surface area contributed by atoms with Gasteiger partial charge in [0.05, 0.1) is 0 Å². The summed E-state index contributed by atoms with van der Waals surface area (Å²) in [4.78, 5) is 17.2. The van der Waals surface area contributed by atoms with Crippen LogP contribution in [0.5, 0.6) is 0 Å². The highest BCUT2D eigenvalue weighted by Gasteiger charge is 2.27. The molecule has 1 N–H and O–H groups in total. The van der Waals surface area contributed by atoms with Gasteiger partial charge in [-0.1, -0.05) is 6.07 Å². The zero-order valence-corrected chi connectivity index (χ0v) is 11.7. The lowest BCUT2D eigenvalue weighted by Gasteiger charge is -2.32. The summed E-state index contributed by atoms with van der Waals surface area (Å²) in [5, 5.41) is 1.17. The van der Waals surface area contributed by atoms with Gasteiger partial charge in [-0.25, -0.2) is 0 Å². The molecule has 1 aromatic heterocycles. The van der Waals surface area contributed by atoms with Crippen LogP contribution in [-0.2, 0) is 12.8 Å². The monoisotopic (exact) mass is 268 g/mol. The fraction of sp³-hybridized carbons (Fsp3) is 0.471. The molecule has 3 nitrogen and oxygen atoms in total. The van der Waals surface area contributed by atoms with E-state index in [1.54, 1.807) is 0 Å². The zero-order chi connectivity index (χ0) is 13.5. The first-order valence-corrected chi connectivity index (χ1v) is 7.68. The van der Waals surface area contributed by atoms with Crippen LogP contribution in [0.15, 0.2) is 18.3 Å². The molecule has 2 aliphatic rings. The van der Waals surface area contributed by atoms with Crippen molar-refractivity contribution in [3.8, 4) is 0 Å². The molecule has 0 radical (unpaired) electrons. The minimum absolute atomic E-state index is 0.671. The highest BCUT2D eigenvalue weighted by molar-refractivity contribution is 5.99. The molecule has 4 rings (SSSR count). The maximum atomic E-state index is 11.3. The Morgan fingerprint density at radius 2 is 2.10 bits per heavy atom. The molecule has 1 aromatic carbocycles. The minimum atomic E-state index is 0.671. The maximum Gasteiger partial charge on any atom is 0.152 e. The topological polar surface area (TPSA) is 36.1 Å². The van der Waals surface area contributed by atoms with Crippen molar-refractivity contribution < 1.29 is 4.79 Å². The van der Waals surface area contributed by atoms with Crippen LogP contribution in [0.25, 0.3) is 10.9 Å². The first kappa shape index (κ1) is 12.2. The van der Waals surface area contributed by atoms with Crippen LogP contribution in [0.1, 0.15) is 40.7 Å². The molecule has 1 aliphatic heterocycles. The minimum Gasteiger partial charge on any atom is -0.360 e. The SMILES string of the molecule is O=Cc1c[nH]c2ccc3c(c12)C[C@H](N1CCCC1)CC3. The molecule has 104 valence electrons. The van der Waals surface area contributed by atoms with Gasteiger partial charge in [0.15, 0.2) is 6.29 Å². The number of nitrogens with zero attached hydrogens (tertiary/aromatic N) is 1. The zero-order valence-electron chi connectivity index (χ0n) is 11.7. The Bertz CT molecular complexity index is 652. The fourth-order valence-electron chi connectivity index (χ4n) is 4.01. The number of hydrogen-bond acceptors (Lipinski definition) is 2. The van der Waals surface area contributed by atoms with Gasteiger partial charge in [0, 0.05) is 28.7 Å². The van der Waals surface area contributed by atoms with E-state index in [-0.39, 0.29) is 0 Å². The molecule has 3 heteroatoms. The molecule has 0 saturated carbocycles. The van der Waals surface area contributed by atoms with Gasteiger partial charge in [-0.15, -0.1) is 0 Å². The Morgan fingerprint density at radius 3 is 2.90 bits per heavy atom. The average molecular weight is 268 g/mol. The van der Waals surface area contributed by atoms with Crippen molar-refractivity contribution >= 4 is 17.2 Å². The number of carbonyl (C=O) groups excluding carboxylic acids is 1. The number of carbonyl (C=O) groups is 1. The molecule has 0 amide bonds. The van der Waals surface area contributed by atoms with E-state index < -0.39 is 0 Å². The molecule has 1 saturated heterocycles. The smallest absolute Gasteiger partial charge is 0.152 e. The van der Waals surface area contributed by atoms with Gasteiger partial charge in [0.2, 0.25) is 0 Å². The third-order valence-corrected chi connectivity index (χ3v) is 5.05. The van der Waals surface area contributed by atoms with Crippen molar-refractivity contribution in [2.45, 2.75) is 38.1 Å². The van der Waals surface area contributed by atoms with E-state index in [9.17, 15) is 4.79 Å². The fourth-order valence-corrected chi connectivity index (χ4v) is 4.01. The largest absolute Gasteiger partial charge is 0.360 e. The van der Waals surface area contributed by atoms with E-state index in [1.165, 1.54) is 48.9 Å². The number of nitrogens with one attached hydrogen (secondary N) is 1. The molecule has 0 spiro atoms. The Balaban J connectivity index is 1.77. The van der Waals surface area contributed by atoms with Crippen molar-refractivity contribution in [3.63, 3.8) is 0 Å². The van der Waals surface area contributed by atoms with Gasteiger partial charge in [-0.2, -0.15) is 0 Å². The molecule has 20 heavy (non-hydrogen) atoms. The van der Waals surface area contributed by atoms with Crippen LogP contribution in [0, 0.1) is 0 Å². The maximum absolute atomic E-state index is 11.3. The van der Waals surface area contributed by atoms with Gasteiger partial charge in [0.1, 0.15) is 0 Å². The van der Waals surface area contributed by atoms with Gasteiger partial charge >= 0.3 is 0 Å². The van der Waals surface area contributed by atoms with Crippen LogP contribution < -0.4 is 0 Å². The van der Waals surface area contributed by atoms with Crippen LogP contribution in [0.4, 0.5) is 0 Å². The number of likely N-dealkylation sites (tertiary alicyclic amines) is 1. The second-order valence-corrected chi connectivity index (χ2v) is 6.13. The summed E-state index contributed by atoms with van der Waals surface area (Å²) in [6.45, 7) is 2.51. The molecule has 1 atom stereocenters. The number of H-pyrrole nitrogens is 1. The number of aromatic nitrogens is 1. The summed E-state index contributed by atoms with van der Waals surface area (Å²) in [6.07, 6.45) is 9.03. The van der Waals surface area contributed by atoms with Crippen molar-refractivity contribution in [2.24, 2.45) is 0 Å². The molecule has 0 bridgehead atoms. The van der Waals surface area contributed by atoms with Crippen LogP contribution in [-0.4, -0.2) is 35.3 Å². The molecule has 2 aromatic rings. The van der Waals surface area contributed by atoms with Gasteiger partial charge in [-0.05, 0) is 62.4 Å². The first-order valence-electron chi connectivity index (χ1n) is 7.68. The summed E-state index contributed by atoms with van der Waals surface area (Å²) >= 11 is 0. The lowest BCUT2D eigenvalue weighted by atomic mass is 9.85. The number of hydrogen-bond donors (Lipinski definition) is 1. The molecular weight excluding hydrogens is 248 g/mol. The number of benzene rings is 1. The lowest BCUT2D eigenvalue weighted by molar-refractivity contribution is 0.112. The second-order valence-electron chi connectivity index (χ2n) is 6.13. The van der Waals surface area contributed by atoms with Crippen molar-refractivity contribution in [1.82, 2.24) is 9.88 Å². The number of aryl methyl sites for hydroxylation is 1. The van der Waals surface area contributed by atoms with Crippen molar-refractivity contribution in [2.75, 3.05) is 13.1 Å². The molecule has 0 unspecified atom stereocenters. The van der Waals surface area contributed by atoms with Crippen LogP contribution >= 0.6 is 0 Å². The summed E-state index contributed by atoms with van der Waals surface area (Å²) in [5.74, 6) is 0. The summed E-state index contributed by atoms with van der Waals surface area (Å²) in [5.41, 5.74) is 4.77. The van der Waals surface area contributed by atoms with Gasteiger partial charge in [-0.3, -0.25) is 4.79 Å². The Labute approximate surface area is 119 Å². The Hall–Kier alpha value is -1.61. The van der Waals surface area contributed by atoms with E-state index in [4.69, 9.17) is 0 Å². The number of fused-ring (bicyclic) bond motifs is 3. The van der Waals surface area contributed by atoms with E-state index >= 15 is 0 Å². The van der Waals surface area contributed by atoms with E-state index in [2.05, 4.69) is 22.0 Å². The van der Waals surface area contributed by atoms with Crippen molar-refractivity contribution in [1.29, 1.82) is 0 Å². The predicted molar refractivity (Wildman–Crippen MR) is 80.3 cm³/mol. The van der Waals surface area contributed by atoms with E-state index in [0.29, 0.717) is 6.04 Å². The van der Waals surface area contributed by atoms with Crippen LogP contribution in [0.3, 0.4) is 0 Å². The Morgan fingerprint density at radius 1 is 1.25 bits per heavy atom. The summed E-state index contributed by atoms with van der Waals surface area (Å²) in [7, 11) is 0. The average Bonchev–Trinajstić information content (AvgIpc) is 3.15. The number of aromatic amines is 1. The third kappa shape index (κ3) is 1.80. The highest BCUT2D eigenvalue weighted by atomic mass is 16.1. The number of rotatable bonds is 2. The molecule has 1 fully saturated rings. The first-order chi connectivity index (χ1) is 9.86. The predicted octanol–water partition coefficient (Wildman–Crippen LogP) is 2.93. The molecule has 1 aliphatic carbocycles. The van der Waals surface area contributed by atoms with Gasteiger partial charge in [0.25, 0.3) is 0 Å². The van der Waals surface area contributed by atoms with E-state index in [0.717, 1.165) is 30.2 Å². The third-order valence-electron chi connectivity index (χ3n) is 5.05. The Kier molecular flexibility index (Phi) is 2.88. The van der Waals surface area contributed by atoms with E-state index in [1.807, 2.05) is 6.20 Å². The quantitative estimate of drug-likeness (QED) is 0.850. The highest BCUT2D eigenvalue weighted by Crippen LogP contribution is 2.33. The van der Waals surface area contributed by atoms with Gasteiger partial charge < -0.3 is 9.88 Å². The molecule has 2 heterocycles. The standard InChI is InChI=1S/C17H20N2O/c20-11-13-10-18-16-6-4-12-3-5-14(9-15(12)17(13)16)19-7-1-2-8-19/h4,6,10-11,14,18H,1-3,5,7-9H2/t14-/m1/s1. The summed E-state index contributed by atoms with van der Waals surface area (Å²) in [6, 6.07) is 5.03.